The Hall–Kier alpha value is -4.46. The molecule has 40 heavy (non-hydrogen) atoms. The summed E-state index contributed by atoms with van der Waals surface area (Å²) < 4.78 is 0. The first-order chi connectivity index (χ1) is 18.9. The minimum Gasteiger partial charge on any atom is -0.481 e. The Labute approximate surface area is 233 Å². The maximum atomic E-state index is 13.1. The molecule has 0 bridgehead atoms. The first-order valence-electron chi connectivity index (χ1n) is 13.2. The zero-order valence-corrected chi connectivity index (χ0v) is 22.8. The summed E-state index contributed by atoms with van der Waals surface area (Å²) in [4.78, 5) is 49.7. The molecular weight excluding hydrogens is 508 g/mol. The molecule has 3 aromatic rings. The summed E-state index contributed by atoms with van der Waals surface area (Å²) in [6, 6.07) is 22.8. The zero-order chi connectivity index (χ0) is 29.1. The van der Waals surface area contributed by atoms with Crippen LogP contribution in [0.1, 0.15) is 49.5 Å². The van der Waals surface area contributed by atoms with Crippen LogP contribution in [-0.4, -0.2) is 40.0 Å². The number of carboxylic acids is 2. The van der Waals surface area contributed by atoms with Gasteiger partial charge in [0.05, 0.1) is 5.41 Å². The molecule has 1 aliphatic carbocycles. The second-order valence-electron chi connectivity index (χ2n) is 11.1. The summed E-state index contributed by atoms with van der Waals surface area (Å²) in [6.07, 6.45) is 0.728. The molecule has 1 saturated carbocycles. The molecule has 0 heterocycles. The summed E-state index contributed by atoms with van der Waals surface area (Å²) in [5.74, 6) is -3.53. The molecular formula is C32H34N2O6. The minimum atomic E-state index is -1.19. The van der Waals surface area contributed by atoms with E-state index in [-0.39, 0.29) is 12.3 Å². The monoisotopic (exact) mass is 542 g/mol. The molecule has 0 radical (unpaired) electrons. The van der Waals surface area contributed by atoms with Crippen molar-refractivity contribution in [1.82, 2.24) is 5.32 Å². The molecule has 0 spiro atoms. The third-order valence-electron chi connectivity index (χ3n) is 8.54. The summed E-state index contributed by atoms with van der Waals surface area (Å²) in [7, 11) is 0. The number of aliphatic carboxylic acids is 2. The quantitative estimate of drug-likeness (QED) is 0.292. The summed E-state index contributed by atoms with van der Waals surface area (Å²) >= 11 is 0. The van der Waals surface area contributed by atoms with Crippen molar-refractivity contribution in [2.45, 2.75) is 46.1 Å². The highest BCUT2D eigenvalue weighted by atomic mass is 16.4. The summed E-state index contributed by atoms with van der Waals surface area (Å²) in [6.45, 7) is 5.12. The molecule has 2 amide bonds. The topological polar surface area (TPSA) is 133 Å². The van der Waals surface area contributed by atoms with E-state index < -0.39 is 40.6 Å². The van der Waals surface area contributed by atoms with E-state index in [2.05, 4.69) is 10.6 Å². The van der Waals surface area contributed by atoms with Gasteiger partial charge in [-0.2, -0.15) is 0 Å². The van der Waals surface area contributed by atoms with Gasteiger partial charge in [-0.1, -0.05) is 68.4 Å². The smallest absolute Gasteiger partial charge is 0.326 e. The fourth-order valence-corrected chi connectivity index (χ4v) is 5.42. The number of benzene rings is 3. The summed E-state index contributed by atoms with van der Waals surface area (Å²) in [5, 5.41) is 25.0. The van der Waals surface area contributed by atoms with Crippen molar-refractivity contribution < 1.29 is 29.4 Å². The van der Waals surface area contributed by atoms with E-state index in [1.165, 1.54) is 0 Å². The van der Waals surface area contributed by atoms with Crippen molar-refractivity contribution in [1.29, 1.82) is 0 Å². The normalized spacial score (nSPS) is 20.3. The van der Waals surface area contributed by atoms with Crippen molar-refractivity contribution in [2.24, 2.45) is 16.7 Å². The number of rotatable bonds is 9. The number of hydrogen-bond donors (Lipinski definition) is 4. The molecule has 1 aliphatic rings. The lowest BCUT2D eigenvalue weighted by Gasteiger charge is -2.38. The predicted octanol–water partition coefficient (Wildman–Crippen LogP) is 5.24. The van der Waals surface area contributed by atoms with E-state index in [0.717, 1.165) is 11.1 Å². The maximum Gasteiger partial charge on any atom is 0.326 e. The highest BCUT2D eigenvalue weighted by molar-refractivity contribution is 6.04. The molecule has 3 aromatic carbocycles. The van der Waals surface area contributed by atoms with Gasteiger partial charge in [-0.05, 0) is 66.1 Å². The van der Waals surface area contributed by atoms with Gasteiger partial charge in [-0.15, -0.1) is 0 Å². The second kappa shape index (κ2) is 11.3. The van der Waals surface area contributed by atoms with Gasteiger partial charge in [0.15, 0.2) is 0 Å². The molecule has 1 unspecified atom stereocenters. The number of anilines is 1. The van der Waals surface area contributed by atoms with E-state index >= 15 is 0 Å². The van der Waals surface area contributed by atoms with Crippen molar-refractivity contribution in [3.63, 3.8) is 0 Å². The average molecular weight is 543 g/mol. The second-order valence-corrected chi connectivity index (χ2v) is 11.1. The van der Waals surface area contributed by atoms with Crippen LogP contribution in [-0.2, 0) is 20.8 Å². The third-order valence-corrected chi connectivity index (χ3v) is 8.54. The number of hydrogen-bond acceptors (Lipinski definition) is 4. The molecule has 0 aromatic heterocycles. The fraction of sp³-hybridized carbons (Fsp3) is 0.312. The van der Waals surface area contributed by atoms with Gasteiger partial charge in [-0.25, -0.2) is 4.79 Å². The van der Waals surface area contributed by atoms with Crippen LogP contribution in [0.15, 0.2) is 78.9 Å². The van der Waals surface area contributed by atoms with Crippen LogP contribution in [0.5, 0.6) is 0 Å². The number of carboxylic acid groups (broad SMARTS) is 2. The largest absolute Gasteiger partial charge is 0.481 e. The molecule has 4 N–H and O–H groups in total. The van der Waals surface area contributed by atoms with Crippen LogP contribution >= 0.6 is 0 Å². The molecule has 0 aliphatic heterocycles. The van der Waals surface area contributed by atoms with Crippen molar-refractivity contribution in [3.05, 3.63) is 90.0 Å². The van der Waals surface area contributed by atoms with Crippen molar-refractivity contribution >= 4 is 29.4 Å². The van der Waals surface area contributed by atoms with Gasteiger partial charge in [0.2, 0.25) is 5.91 Å². The lowest BCUT2D eigenvalue weighted by Crippen LogP contribution is -2.49. The van der Waals surface area contributed by atoms with Gasteiger partial charge in [-0.3, -0.25) is 14.4 Å². The summed E-state index contributed by atoms with van der Waals surface area (Å²) in [5.41, 5.74) is 1.89. The van der Waals surface area contributed by atoms with Crippen molar-refractivity contribution in [2.75, 3.05) is 5.32 Å². The first kappa shape index (κ1) is 28.5. The highest BCUT2D eigenvalue weighted by Gasteiger charge is 2.58. The van der Waals surface area contributed by atoms with Crippen LogP contribution in [0, 0.1) is 16.7 Å². The SMILES string of the molecule is CC1(C)[C@@H](C(=O)NC(Cc2ccc(C(=O)Nc3ccc(-c4ccccc4)cc3)cc2)C(=O)O)CC[C@@]1(C)C(=O)O. The molecule has 4 rings (SSSR count). The standard InChI is InChI=1S/C32H34N2O6/c1-31(2)25(17-18-32(31,3)30(39)40)28(36)34-26(29(37)38)19-20-9-11-23(12-10-20)27(35)33-24-15-13-22(14-16-24)21-7-5-4-6-8-21/h4-16,25-26H,17-19H2,1-3H3,(H,33,35)(H,34,36)(H,37,38)(H,39,40)/t25-,26?,32+/m1/s1. The van der Waals surface area contributed by atoms with E-state index in [1.54, 1.807) is 45.0 Å². The minimum absolute atomic E-state index is 0.0211. The maximum absolute atomic E-state index is 13.1. The van der Waals surface area contributed by atoms with Crippen molar-refractivity contribution in [3.8, 4) is 11.1 Å². The van der Waals surface area contributed by atoms with Gasteiger partial charge < -0.3 is 20.8 Å². The molecule has 208 valence electrons. The Morgan fingerprint density at radius 1 is 0.850 bits per heavy atom. The van der Waals surface area contributed by atoms with Gasteiger partial charge in [0, 0.05) is 23.6 Å². The number of carbonyl (C=O) groups excluding carboxylic acids is 2. The highest BCUT2D eigenvalue weighted by Crippen LogP contribution is 2.56. The Bertz CT molecular complexity index is 1400. The average Bonchev–Trinajstić information content (AvgIpc) is 3.18. The molecule has 8 nitrogen and oxygen atoms in total. The van der Waals surface area contributed by atoms with E-state index in [1.807, 2.05) is 54.6 Å². The Morgan fingerprint density at radius 3 is 2.00 bits per heavy atom. The van der Waals surface area contributed by atoms with Gasteiger partial charge in [0.1, 0.15) is 6.04 Å². The lowest BCUT2D eigenvalue weighted by molar-refractivity contribution is -0.155. The van der Waals surface area contributed by atoms with Crippen LogP contribution in [0.25, 0.3) is 11.1 Å². The lowest BCUT2D eigenvalue weighted by atomic mass is 9.65. The predicted molar refractivity (Wildman–Crippen MR) is 152 cm³/mol. The van der Waals surface area contributed by atoms with Crippen LogP contribution in [0.2, 0.25) is 0 Å². The van der Waals surface area contributed by atoms with Crippen LogP contribution in [0.3, 0.4) is 0 Å². The Kier molecular flexibility index (Phi) is 8.09. The molecule has 0 saturated heterocycles. The fourth-order valence-electron chi connectivity index (χ4n) is 5.42. The molecule has 8 heteroatoms. The van der Waals surface area contributed by atoms with E-state index in [0.29, 0.717) is 29.7 Å². The van der Waals surface area contributed by atoms with Crippen LogP contribution in [0.4, 0.5) is 5.69 Å². The van der Waals surface area contributed by atoms with E-state index in [9.17, 15) is 29.4 Å². The van der Waals surface area contributed by atoms with E-state index in [4.69, 9.17) is 0 Å². The number of amides is 2. The molecule has 3 atom stereocenters. The number of nitrogens with one attached hydrogen (secondary N) is 2. The Morgan fingerprint density at radius 2 is 1.45 bits per heavy atom. The Balaban J connectivity index is 1.37. The number of carbonyl (C=O) groups is 4. The van der Waals surface area contributed by atoms with Gasteiger partial charge >= 0.3 is 11.9 Å². The first-order valence-corrected chi connectivity index (χ1v) is 13.2. The zero-order valence-electron chi connectivity index (χ0n) is 22.8. The molecule has 1 fully saturated rings. The third kappa shape index (κ3) is 5.76. The van der Waals surface area contributed by atoms with Crippen LogP contribution < -0.4 is 10.6 Å². The van der Waals surface area contributed by atoms with Gasteiger partial charge in [0.25, 0.3) is 5.91 Å².